The first-order valence-electron chi connectivity index (χ1n) is 5.05. The highest BCUT2D eigenvalue weighted by atomic mass is 79.9. The van der Waals surface area contributed by atoms with Crippen LogP contribution >= 0.6 is 15.9 Å². The molecule has 0 aromatic heterocycles. The Balaban J connectivity index is 2.89. The first-order valence-corrected chi connectivity index (χ1v) is 5.84. The van der Waals surface area contributed by atoms with Crippen LogP contribution in [0.1, 0.15) is 6.92 Å². The highest BCUT2D eigenvalue weighted by Crippen LogP contribution is 2.26. The Morgan fingerprint density at radius 3 is 2.65 bits per heavy atom. The van der Waals surface area contributed by atoms with Gasteiger partial charge in [-0.25, -0.2) is 4.39 Å². The van der Waals surface area contributed by atoms with Crippen molar-refractivity contribution in [1.29, 1.82) is 0 Å². The predicted molar refractivity (Wildman–Crippen MR) is 70.3 cm³/mol. The molecular weight excluding hydrogens is 289 g/mol. The summed E-state index contributed by atoms with van der Waals surface area (Å²) in [7, 11) is 3.32. The summed E-state index contributed by atoms with van der Waals surface area (Å²) in [6.07, 6.45) is 0. The molecule has 17 heavy (non-hydrogen) atoms. The zero-order chi connectivity index (χ0) is 13.2. The minimum atomic E-state index is -0.465. The van der Waals surface area contributed by atoms with Gasteiger partial charge in [0.1, 0.15) is 11.9 Å². The third-order valence-electron chi connectivity index (χ3n) is 2.28. The van der Waals surface area contributed by atoms with E-state index in [2.05, 4.69) is 21.2 Å². The van der Waals surface area contributed by atoms with E-state index in [1.807, 2.05) is 0 Å². The molecule has 6 heteroatoms. The van der Waals surface area contributed by atoms with Crippen molar-refractivity contribution in [3.05, 3.63) is 22.4 Å². The molecule has 1 amide bonds. The highest BCUT2D eigenvalue weighted by Gasteiger charge is 2.16. The van der Waals surface area contributed by atoms with Crippen molar-refractivity contribution in [2.45, 2.75) is 13.0 Å². The Morgan fingerprint density at radius 2 is 2.12 bits per heavy atom. The van der Waals surface area contributed by atoms with Gasteiger partial charge in [0.2, 0.25) is 5.91 Å². The molecule has 0 aliphatic rings. The number of carbonyl (C=O) groups is 1. The summed E-state index contributed by atoms with van der Waals surface area (Å²) >= 11 is 3.04. The third kappa shape index (κ3) is 3.33. The zero-order valence-electron chi connectivity index (χ0n) is 9.92. The van der Waals surface area contributed by atoms with E-state index < -0.39 is 11.9 Å². The summed E-state index contributed by atoms with van der Waals surface area (Å²) < 4.78 is 13.6. The monoisotopic (exact) mass is 303 g/mol. The van der Waals surface area contributed by atoms with Crippen LogP contribution in [0.4, 0.5) is 15.8 Å². The van der Waals surface area contributed by atoms with Crippen molar-refractivity contribution in [2.75, 3.05) is 25.1 Å². The van der Waals surface area contributed by atoms with Gasteiger partial charge in [-0.15, -0.1) is 0 Å². The Hall–Kier alpha value is -1.30. The minimum Gasteiger partial charge on any atom is -0.397 e. The van der Waals surface area contributed by atoms with E-state index >= 15 is 0 Å². The Bertz CT molecular complexity index is 437. The van der Waals surface area contributed by atoms with Crippen LogP contribution in [0, 0.1) is 5.82 Å². The molecule has 0 saturated carbocycles. The molecule has 0 heterocycles. The van der Waals surface area contributed by atoms with Crippen molar-refractivity contribution in [3.8, 4) is 0 Å². The average molecular weight is 304 g/mol. The maximum absolute atomic E-state index is 13.3. The molecule has 0 spiro atoms. The molecule has 94 valence electrons. The molecule has 0 saturated heterocycles. The topological polar surface area (TPSA) is 58.4 Å². The molecule has 0 aliphatic carbocycles. The summed E-state index contributed by atoms with van der Waals surface area (Å²) in [5, 5.41) is 2.88. The second kappa shape index (κ2) is 5.35. The average Bonchev–Trinajstić information content (AvgIpc) is 2.24. The molecule has 1 aromatic carbocycles. The van der Waals surface area contributed by atoms with E-state index in [-0.39, 0.29) is 5.91 Å². The van der Waals surface area contributed by atoms with E-state index in [1.54, 1.807) is 21.0 Å². The van der Waals surface area contributed by atoms with Gasteiger partial charge in [-0.05, 0) is 28.9 Å². The SMILES string of the molecule is CC(Nc1cc(F)c(Br)cc1N)C(=O)N(C)C. The number of benzene rings is 1. The fourth-order valence-electron chi connectivity index (χ4n) is 1.37. The molecule has 1 unspecified atom stereocenters. The van der Waals surface area contributed by atoms with E-state index in [4.69, 9.17) is 5.73 Å². The van der Waals surface area contributed by atoms with Crippen molar-refractivity contribution in [1.82, 2.24) is 4.90 Å². The van der Waals surface area contributed by atoms with Crippen LogP contribution in [0.25, 0.3) is 0 Å². The summed E-state index contributed by atoms with van der Waals surface area (Å²) in [6.45, 7) is 1.70. The fourth-order valence-corrected chi connectivity index (χ4v) is 1.73. The number of nitrogens with zero attached hydrogens (tertiary/aromatic N) is 1. The first-order chi connectivity index (χ1) is 7.82. The number of nitrogens with two attached hydrogens (primary N) is 1. The van der Waals surface area contributed by atoms with Gasteiger partial charge in [-0.2, -0.15) is 0 Å². The number of halogens is 2. The van der Waals surface area contributed by atoms with Crippen molar-refractivity contribution in [2.24, 2.45) is 0 Å². The molecule has 1 atom stereocenters. The standard InChI is InChI=1S/C11H15BrFN3O/c1-6(11(17)16(2)3)15-10-5-8(13)7(12)4-9(10)14/h4-6,15H,14H2,1-3H3. The molecule has 0 bridgehead atoms. The summed E-state index contributed by atoms with van der Waals surface area (Å²) in [5.41, 5.74) is 6.53. The summed E-state index contributed by atoms with van der Waals surface area (Å²) in [6, 6.07) is 2.26. The van der Waals surface area contributed by atoms with Crippen LogP contribution in [0.15, 0.2) is 16.6 Å². The van der Waals surface area contributed by atoms with Crippen LogP contribution in [0.3, 0.4) is 0 Å². The van der Waals surface area contributed by atoms with Crippen LogP contribution in [0.5, 0.6) is 0 Å². The highest BCUT2D eigenvalue weighted by molar-refractivity contribution is 9.10. The van der Waals surface area contributed by atoms with Gasteiger partial charge in [0.25, 0.3) is 0 Å². The Kier molecular flexibility index (Phi) is 4.34. The van der Waals surface area contributed by atoms with Gasteiger partial charge < -0.3 is 16.0 Å². The van der Waals surface area contributed by atoms with Gasteiger partial charge in [0.05, 0.1) is 15.8 Å². The lowest BCUT2D eigenvalue weighted by Gasteiger charge is -2.20. The number of likely N-dealkylation sites (N-methyl/N-ethyl adjacent to an activating group) is 1. The lowest BCUT2D eigenvalue weighted by atomic mass is 10.2. The molecule has 0 fully saturated rings. The predicted octanol–water partition coefficient (Wildman–Crippen LogP) is 2.06. The number of nitrogen functional groups attached to an aromatic ring is 1. The molecule has 1 aromatic rings. The van der Waals surface area contributed by atoms with Gasteiger partial charge >= 0.3 is 0 Å². The van der Waals surface area contributed by atoms with E-state index in [1.165, 1.54) is 17.0 Å². The second-order valence-corrected chi connectivity index (χ2v) is 4.81. The van der Waals surface area contributed by atoms with Gasteiger partial charge in [-0.1, -0.05) is 0 Å². The van der Waals surface area contributed by atoms with Crippen LogP contribution in [-0.4, -0.2) is 30.9 Å². The molecule has 0 aliphatic heterocycles. The number of carbonyl (C=O) groups excluding carboxylic acids is 1. The van der Waals surface area contributed by atoms with Crippen LogP contribution in [0.2, 0.25) is 0 Å². The largest absolute Gasteiger partial charge is 0.397 e. The zero-order valence-corrected chi connectivity index (χ0v) is 11.5. The Morgan fingerprint density at radius 1 is 1.53 bits per heavy atom. The number of hydrogen-bond acceptors (Lipinski definition) is 3. The fraction of sp³-hybridized carbons (Fsp3) is 0.364. The van der Waals surface area contributed by atoms with Gasteiger partial charge in [0, 0.05) is 20.2 Å². The lowest BCUT2D eigenvalue weighted by molar-refractivity contribution is -0.129. The van der Waals surface area contributed by atoms with Crippen LogP contribution < -0.4 is 11.1 Å². The van der Waals surface area contributed by atoms with Gasteiger partial charge in [-0.3, -0.25) is 4.79 Å². The minimum absolute atomic E-state index is 0.104. The number of rotatable bonds is 3. The molecule has 3 N–H and O–H groups in total. The number of nitrogens with one attached hydrogen (secondary N) is 1. The van der Waals surface area contributed by atoms with Gasteiger partial charge in [0.15, 0.2) is 0 Å². The van der Waals surface area contributed by atoms with E-state index in [0.29, 0.717) is 15.8 Å². The molecule has 0 radical (unpaired) electrons. The third-order valence-corrected chi connectivity index (χ3v) is 2.88. The second-order valence-electron chi connectivity index (χ2n) is 3.95. The summed E-state index contributed by atoms with van der Waals surface area (Å²) in [4.78, 5) is 13.1. The van der Waals surface area contributed by atoms with E-state index in [0.717, 1.165) is 0 Å². The maximum atomic E-state index is 13.3. The number of hydrogen-bond donors (Lipinski definition) is 2. The smallest absolute Gasteiger partial charge is 0.244 e. The summed E-state index contributed by atoms with van der Waals surface area (Å²) in [5.74, 6) is -0.529. The molecule has 1 rings (SSSR count). The lowest BCUT2D eigenvalue weighted by Crippen LogP contribution is -2.36. The normalized spacial score (nSPS) is 12.1. The van der Waals surface area contributed by atoms with Crippen molar-refractivity contribution in [3.63, 3.8) is 0 Å². The first kappa shape index (κ1) is 13.8. The van der Waals surface area contributed by atoms with Crippen molar-refractivity contribution >= 4 is 33.2 Å². The molecule has 4 nitrogen and oxygen atoms in total. The number of amides is 1. The van der Waals surface area contributed by atoms with Crippen LogP contribution in [-0.2, 0) is 4.79 Å². The quantitative estimate of drug-likeness (QED) is 0.840. The Labute approximate surface area is 108 Å². The maximum Gasteiger partial charge on any atom is 0.244 e. The van der Waals surface area contributed by atoms with Crippen molar-refractivity contribution < 1.29 is 9.18 Å². The number of anilines is 2. The van der Waals surface area contributed by atoms with E-state index in [9.17, 15) is 9.18 Å². The molecular formula is C11H15BrFN3O.